The molecule has 3 amide bonds. The van der Waals surface area contributed by atoms with Crippen molar-refractivity contribution in [2.75, 3.05) is 5.32 Å². The van der Waals surface area contributed by atoms with Crippen molar-refractivity contribution in [3.8, 4) is 0 Å². The van der Waals surface area contributed by atoms with E-state index in [0.717, 1.165) is 16.8 Å². The molecule has 7 heteroatoms. The molecule has 0 aromatic heterocycles. The van der Waals surface area contributed by atoms with E-state index in [-0.39, 0.29) is 5.91 Å². The lowest BCUT2D eigenvalue weighted by Crippen LogP contribution is -2.57. The van der Waals surface area contributed by atoms with Crippen molar-refractivity contribution in [3.63, 3.8) is 0 Å². The Morgan fingerprint density at radius 2 is 1.40 bits per heavy atom. The quantitative estimate of drug-likeness (QED) is 0.568. The summed E-state index contributed by atoms with van der Waals surface area (Å²) in [6.07, 6.45) is -0.691. The van der Waals surface area contributed by atoms with Crippen LogP contribution in [0.3, 0.4) is 0 Å². The van der Waals surface area contributed by atoms with Gasteiger partial charge in [-0.05, 0) is 79.0 Å². The van der Waals surface area contributed by atoms with Crippen molar-refractivity contribution in [2.45, 2.75) is 85.5 Å². The number of hydrogen-bond acceptors (Lipinski definition) is 4. The van der Waals surface area contributed by atoms with Gasteiger partial charge in [-0.3, -0.25) is 9.59 Å². The van der Waals surface area contributed by atoms with Gasteiger partial charge >= 0.3 is 6.09 Å². The molecule has 2 unspecified atom stereocenters. The number of carbonyl (C=O) groups excluding carboxylic acids is 3. The highest BCUT2D eigenvalue weighted by Crippen LogP contribution is 2.32. The first-order valence-electron chi connectivity index (χ1n) is 11.9. The van der Waals surface area contributed by atoms with Crippen LogP contribution in [0.25, 0.3) is 0 Å². The molecule has 190 valence electrons. The van der Waals surface area contributed by atoms with E-state index in [9.17, 15) is 14.4 Å². The van der Waals surface area contributed by atoms with E-state index in [2.05, 4.69) is 10.6 Å². The second-order valence-corrected chi connectivity index (χ2v) is 10.8. The maximum atomic E-state index is 13.8. The highest BCUT2D eigenvalue weighted by Gasteiger charge is 2.41. The molecule has 0 aliphatic rings. The van der Waals surface area contributed by atoms with Crippen molar-refractivity contribution in [2.24, 2.45) is 0 Å². The van der Waals surface area contributed by atoms with Crippen molar-refractivity contribution in [1.82, 2.24) is 10.2 Å². The molecular formula is C28H39N3O4. The topological polar surface area (TPSA) is 87.7 Å². The van der Waals surface area contributed by atoms with Gasteiger partial charge in [0.05, 0.1) is 0 Å². The smallest absolute Gasteiger partial charge is 0.408 e. The number of benzene rings is 2. The first kappa shape index (κ1) is 27.9. The molecule has 35 heavy (non-hydrogen) atoms. The first-order chi connectivity index (χ1) is 16.1. The molecule has 0 spiro atoms. The van der Waals surface area contributed by atoms with Gasteiger partial charge in [-0.15, -0.1) is 0 Å². The van der Waals surface area contributed by atoms with E-state index < -0.39 is 35.2 Å². The third kappa shape index (κ3) is 7.57. The molecule has 2 aromatic rings. The lowest BCUT2D eigenvalue weighted by molar-refractivity contribution is -0.146. The fraction of sp³-hybridized carbons (Fsp3) is 0.464. The number of amides is 3. The van der Waals surface area contributed by atoms with Crippen molar-refractivity contribution in [3.05, 3.63) is 65.2 Å². The zero-order valence-electron chi connectivity index (χ0n) is 22.4. The number of alkyl carbamates (subject to hydrolysis) is 1. The van der Waals surface area contributed by atoms with Gasteiger partial charge in [0.15, 0.2) is 0 Å². The lowest BCUT2D eigenvalue weighted by Gasteiger charge is -2.42. The van der Waals surface area contributed by atoms with Crippen LogP contribution in [0.4, 0.5) is 10.5 Å². The van der Waals surface area contributed by atoms with E-state index in [1.807, 2.05) is 83.1 Å². The number of anilines is 1. The van der Waals surface area contributed by atoms with Crippen LogP contribution in [0.5, 0.6) is 0 Å². The Morgan fingerprint density at radius 3 is 1.89 bits per heavy atom. The van der Waals surface area contributed by atoms with Crippen LogP contribution in [0.1, 0.15) is 71.2 Å². The number of rotatable bonds is 6. The largest absolute Gasteiger partial charge is 0.444 e. The zero-order valence-corrected chi connectivity index (χ0v) is 22.4. The molecule has 2 atom stereocenters. The molecule has 2 N–H and O–H groups in total. The molecule has 2 rings (SSSR count). The van der Waals surface area contributed by atoms with E-state index in [1.165, 1.54) is 4.90 Å². The van der Waals surface area contributed by atoms with Gasteiger partial charge in [0.25, 0.3) is 5.91 Å². The van der Waals surface area contributed by atoms with Crippen LogP contribution < -0.4 is 10.6 Å². The second kappa shape index (κ2) is 10.9. The minimum Gasteiger partial charge on any atom is -0.444 e. The fourth-order valence-corrected chi connectivity index (χ4v) is 3.86. The van der Waals surface area contributed by atoms with E-state index in [4.69, 9.17) is 4.74 Å². The minimum absolute atomic E-state index is 0.332. The third-order valence-corrected chi connectivity index (χ3v) is 5.41. The Bertz CT molecular complexity index is 1030. The van der Waals surface area contributed by atoms with Gasteiger partial charge < -0.3 is 20.3 Å². The van der Waals surface area contributed by atoms with E-state index in [0.29, 0.717) is 5.56 Å². The molecule has 0 saturated carbocycles. The predicted octanol–water partition coefficient (Wildman–Crippen LogP) is 5.52. The molecule has 2 aromatic carbocycles. The predicted molar refractivity (Wildman–Crippen MR) is 139 cm³/mol. The molecule has 0 aliphatic carbocycles. The molecule has 0 fully saturated rings. The summed E-state index contributed by atoms with van der Waals surface area (Å²) in [4.78, 5) is 41.5. The second-order valence-electron chi connectivity index (χ2n) is 10.8. The monoisotopic (exact) mass is 481 g/mol. The van der Waals surface area contributed by atoms with Crippen LogP contribution in [0.15, 0.2) is 48.5 Å². The van der Waals surface area contributed by atoms with Crippen molar-refractivity contribution in [1.29, 1.82) is 0 Å². The number of para-hydroxylation sites is 1. The van der Waals surface area contributed by atoms with E-state index >= 15 is 0 Å². The number of aryl methyl sites for hydroxylation is 2. The highest BCUT2D eigenvalue weighted by atomic mass is 16.6. The molecular weight excluding hydrogens is 442 g/mol. The van der Waals surface area contributed by atoms with Crippen LogP contribution in [-0.4, -0.2) is 40.0 Å². The average Bonchev–Trinajstić information content (AvgIpc) is 2.72. The molecule has 0 aliphatic heterocycles. The van der Waals surface area contributed by atoms with Crippen LogP contribution in [0, 0.1) is 13.8 Å². The Hall–Kier alpha value is -3.35. The Morgan fingerprint density at radius 1 is 0.857 bits per heavy atom. The molecule has 0 radical (unpaired) electrons. The molecule has 0 heterocycles. The summed E-state index contributed by atoms with van der Waals surface area (Å²) in [6, 6.07) is 13.1. The van der Waals surface area contributed by atoms with Crippen molar-refractivity contribution >= 4 is 23.6 Å². The lowest BCUT2D eigenvalue weighted by atomic mass is 9.95. The average molecular weight is 482 g/mol. The van der Waals surface area contributed by atoms with Gasteiger partial charge in [-0.2, -0.15) is 0 Å². The van der Waals surface area contributed by atoms with Gasteiger partial charge in [0.2, 0.25) is 5.91 Å². The fourth-order valence-electron chi connectivity index (χ4n) is 3.86. The van der Waals surface area contributed by atoms with Crippen LogP contribution in [-0.2, 0) is 14.3 Å². The Kier molecular flexibility index (Phi) is 8.71. The maximum absolute atomic E-state index is 13.8. The molecule has 0 saturated heterocycles. The summed E-state index contributed by atoms with van der Waals surface area (Å²) in [7, 11) is 0. The van der Waals surface area contributed by atoms with Crippen LogP contribution >= 0.6 is 0 Å². The summed E-state index contributed by atoms with van der Waals surface area (Å²) in [6.45, 7) is 16.3. The summed E-state index contributed by atoms with van der Waals surface area (Å²) in [5.41, 5.74) is 1.81. The Labute approximate surface area is 209 Å². The number of nitrogens with one attached hydrogen (secondary N) is 2. The Balaban J connectivity index is 2.48. The van der Waals surface area contributed by atoms with Gasteiger partial charge in [0, 0.05) is 11.2 Å². The maximum Gasteiger partial charge on any atom is 0.408 e. The molecule has 0 bridgehead atoms. The number of nitrogens with zero attached hydrogens (tertiary/aromatic N) is 1. The SMILES string of the molecule is Cc1cccc(C)c1NC(=O)C(c1ccccc1)N(C(=O)C(C)NC(=O)OC(C)(C)C)C(C)(C)C. The third-order valence-electron chi connectivity index (χ3n) is 5.41. The van der Waals surface area contributed by atoms with Gasteiger partial charge in [0.1, 0.15) is 17.7 Å². The number of carbonyl (C=O) groups is 3. The first-order valence-corrected chi connectivity index (χ1v) is 11.9. The number of ether oxygens (including phenoxy) is 1. The minimum atomic E-state index is -0.925. The molecule has 7 nitrogen and oxygen atoms in total. The van der Waals surface area contributed by atoms with Crippen LogP contribution in [0.2, 0.25) is 0 Å². The summed E-state index contributed by atoms with van der Waals surface area (Å²) in [5, 5.41) is 5.67. The summed E-state index contributed by atoms with van der Waals surface area (Å²) in [5.74, 6) is -0.727. The zero-order chi connectivity index (χ0) is 26.6. The van der Waals surface area contributed by atoms with Crippen molar-refractivity contribution < 1.29 is 19.1 Å². The van der Waals surface area contributed by atoms with E-state index in [1.54, 1.807) is 27.7 Å². The summed E-state index contributed by atoms with van der Waals surface area (Å²) >= 11 is 0. The number of hydrogen-bond donors (Lipinski definition) is 2. The van der Waals surface area contributed by atoms with Gasteiger partial charge in [-0.25, -0.2) is 4.79 Å². The van der Waals surface area contributed by atoms with Gasteiger partial charge in [-0.1, -0.05) is 48.5 Å². The highest BCUT2D eigenvalue weighted by molar-refractivity contribution is 6.00. The standard InChI is InChI=1S/C28H39N3O4/c1-18-14-13-15-19(2)22(18)30-24(32)23(21-16-11-10-12-17-21)31(27(4,5)6)25(33)20(3)29-26(34)35-28(7,8)9/h10-17,20,23H,1-9H3,(H,29,34)(H,30,32). The summed E-state index contributed by atoms with van der Waals surface area (Å²) < 4.78 is 5.32. The normalized spacial score (nSPS) is 13.4.